The summed E-state index contributed by atoms with van der Waals surface area (Å²) in [6.45, 7) is 9.67. The van der Waals surface area contributed by atoms with Gasteiger partial charge in [-0.1, -0.05) is 66.2 Å². The van der Waals surface area contributed by atoms with Crippen LogP contribution in [0.1, 0.15) is 85.5 Å². The second-order valence-corrected chi connectivity index (χ2v) is 6.16. The van der Waals surface area contributed by atoms with Crippen LogP contribution in [0.15, 0.2) is 0 Å². The van der Waals surface area contributed by atoms with E-state index in [0.717, 1.165) is 25.8 Å². The van der Waals surface area contributed by atoms with Gasteiger partial charge in [0, 0.05) is 12.5 Å². The predicted octanol–water partition coefficient (Wildman–Crippen LogP) is 4.93. The molecule has 1 atom stereocenters. The van der Waals surface area contributed by atoms with Crippen molar-refractivity contribution >= 4 is 5.91 Å². The third-order valence-electron chi connectivity index (χ3n) is 3.70. The van der Waals surface area contributed by atoms with E-state index in [1.807, 2.05) is 0 Å². The number of hydrogen-bond acceptors (Lipinski definition) is 1. The maximum Gasteiger partial charge on any atom is 0.223 e. The Bertz CT molecular complexity index is 213. The number of nitrogens with one attached hydrogen (secondary N) is 1. The third-order valence-corrected chi connectivity index (χ3v) is 3.70. The first-order valence-corrected chi connectivity index (χ1v) is 8.39. The second kappa shape index (κ2) is 12.5. The molecule has 0 rings (SSSR count). The van der Waals surface area contributed by atoms with Gasteiger partial charge in [0.25, 0.3) is 0 Å². The fraction of sp³-hybridized carbons (Fsp3) is 0.941. The molecule has 0 aromatic heterocycles. The largest absolute Gasteiger partial charge is 0.356 e. The van der Waals surface area contributed by atoms with Crippen LogP contribution in [0.5, 0.6) is 0 Å². The van der Waals surface area contributed by atoms with Gasteiger partial charge >= 0.3 is 0 Å². The summed E-state index contributed by atoms with van der Waals surface area (Å²) in [4.78, 5) is 12.2. The molecular formula is C17H35NO. The topological polar surface area (TPSA) is 29.1 Å². The van der Waals surface area contributed by atoms with Gasteiger partial charge < -0.3 is 5.32 Å². The Balaban J connectivity index is 3.96. The fourth-order valence-electron chi connectivity index (χ4n) is 2.30. The summed E-state index contributed by atoms with van der Waals surface area (Å²) in [7, 11) is 0. The van der Waals surface area contributed by atoms with Gasteiger partial charge in [-0.3, -0.25) is 4.79 Å². The van der Waals surface area contributed by atoms with Crippen molar-refractivity contribution in [1.82, 2.24) is 5.32 Å². The van der Waals surface area contributed by atoms with Crippen molar-refractivity contribution < 1.29 is 4.79 Å². The number of unbranched alkanes of at least 4 members (excludes halogenated alkanes) is 4. The smallest absolute Gasteiger partial charge is 0.223 e. The molecule has 1 N–H and O–H groups in total. The molecule has 19 heavy (non-hydrogen) atoms. The summed E-state index contributed by atoms with van der Waals surface area (Å²) in [6.07, 6.45) is 10.6. The van der Waals surface area contributed by atoms with E-state index in [-0.39, 0.29) is 5.92 Å². The van der Waals surface area contributed by atoms with Crippen LogP contribution in [0, 0.1) is 11.8 Å². The molecule has 0 aliphatic heterocycles. The fourth-order valence-corrected chi connectivity index (χ4v) is 2.30. The van der Waals surface area contributed by atoms with Crippen molar-refractivity contribution in [3.8, 4) is 0 Å². The van der Waals surface area contributed by atoms with Gasteiger partial charge in [0.1, 0.15) is 0 Å². The molecule has 0 aromatic carbocycles. The van der Waals surface area contributed by atoms with Crippen molar-refractivity contribution in [1.29, 1.82) is 0 Å². The number of rotatable bonds is 12. The Hall–Kier alpha value is -0.530. The van der Waals surface area contributed by atoms with E-state index < -0.39 is 0 Å². The van der Waals surface area contributed by atoms with Gasteiger partial charge in [0.05, 0.1) is 0 Å². The molecule has 2 heteroatoms. The molecule has 1 amide bonds. The third kappa shape index (κ3) is 11.0. The summed E-state index contributed by atoms with van der Waals surface area (Å²) in [5.41, 5.74) is 0. The molecule has 0 aliphatic rings. The predicted molar refractivity (Wildman–Crippen MR) is 84.2 cm³/mol. The van der Waals surface area contributed by atoms with Gasteiger partial charge in [-0.05, 0) is 25.2 Å². The maximum atomic E-state index is 12.2. The molecule has 0 radical (unpaired) electrons. The lowest BCUT2D eigenvalue weighted by molar-refractivity contribution is -0.125. The lowest BCUT2D eigenvalue weighted by atomic mass is 9.94. The Morgan fingerprint density at radius 3 is 2.11 bits per heavy atom. The van der Waals surface area contributed by atoms with Crippen LogP contribution in [0.2, 0.25) is 0 Å². The zero-order chi connectivity index (χ0) is 14.5. The Kier molecular flexibility index (Phi) is 12.2. The normalized spacial score (nSPS) is 12.7. The average molecular weight is 269 g/mol. The highest BCUT2D eigenvalue weighted by molar-refractivity contribution is 5.78. The van der Waals surface area contributed by atoms with Crippen LogP contribution in [-0.4, -0.2) is 12.5 Å². The average Bonchev–Trinajstić information content (AvgIpc) is 2.37. The highest BCUT2D eigenvalue weighted by Crippen LogP contribution is 2.17. The van der Waals surface area contributed by atoms with Crippen molar-refractivity contribution in [2.45, 2.75) is 85.5 Å². The first-order valence-electron chi connectivity index (χ1n) is 8.39. The highest BCUT2D eigenvalue weighted by atomic mass is 16.1. The minimum absolute atomic E-state index is 0.254. The van der Waals surface area contributed by atoms with Crippen LogP contribution in [-0.2, 0) is 4.79 Å². The number of hydrogen-bond donors (Lipinski definition) is 1. The zero-order valence-electron chi connectivity index (χ0n) is 13.6. The van der Waals surface area contributed by atoms with Gasteiger partial charge in [0.2, 0.25) is 5.91 Å². The van der Waals surface area contributed by atoms with E-state index in [1.54, 1.807) is 0 Å². The minimum Gasteiger partial charge on any atom is -0.356 e. The second-order valence-electron chi connectivity index (χ2n) is 6.16. The van der Waals surface area contributed by atoms with E-state index in [9.17, 15) is 4.79 Å². The minimum atomic E-state index is 0.254. The summed E-state index contributed by atoms with van der Waals surface area (Å²) in [6, 6.07) is 0. The van der Waals surface area contributed by atoms with Crippen LogP contribution in [0.4, 0.5) is 0 Å². The molecule has 2 nitrogen and oxygen atoms in total. The molecule has 0 aliphatic carbocycles. The number of carbonyl (C=O) groups is 1. The molecule has 0 saturated carbocycles. The summed E-state index contributed by atoms with van der Waals surface area (Å²) in [5.74, 6) is 1.22. The molecule has 0 fully saturated rings. The van der Waals surface area contributed by atoms with Crippen LogP contribution in [0.3, 0.4) is 0 Å². The standard InChI is InChI=1S/C17H35NO/c1-5-7-9-10-12-16(11-8-6-2)17(19)18-14-13-15(3)4/h15-16H,5-14H2,1-4H3,(H,18,19). The SMILES string of the molecule is CCCCCCC(CCCC)C(=O)NCCC(C)C. The number of carbonyl (C=O) groups excluding carboxylic acids is 1. The van der Waals surface area contributed by atoms with Gasteiger partial charge in [-0.2, -0.15) is 0 Å². The molecule has 0 spiro atoms. The molecule has 0 heterocycles. The molecule has 0 aromatic rings. The van der Waals surface area contributed by atoms with Gasteiger partial charge in [-0.15, -0.1) is 0 Å². The molecule has 0 saturated heterocycles. The highest BCUT2D eigenvalue weighted by Gasteiger charge is 2.16. The summed E-state index contributed by atoms with van der Waals surface area (Å²) < 4.78 is 0. The molecule has 1 unspecified atom stereocenters. The summed E-state index contributed by atoms with van der Waals surface area (Å²) in [5, 5.41) is 3.12. The van der Waals surface area contributed by atoms with E-state index >= 15 is 0 Å². The monoisotopic (exact) mass is 269 g/mol. The Morgan fingerprint density at radius 2 is 1.53 bits per heavy atom. The maximum absolute atomic E-state index is 12.2. The van der Waals surface area contributed by atoms with Crippen molar-refractivity contribution in [3.05, 3.63) is 0 Å². The van der Waals surface area contributed by atoms with Crippen molar-refractivity contribution in [3.63, 3.8) is 0 Å². The molecule has 114 valence electrons. The van der Waals surface area contributed by atoms with E-state index in [1.165, 1.54) is 38.5 Å². The lowest BCUT2D eigenvalue weighted by Crippen LogP contribution is -2.32. The van der Waals surface area contributed by atoms with E-state index in [0.29, 0.717) is 11.8 Å². The van der Waals surface area contributed by atoms with Crippen molar-refractivity contribution in [2.75, 3.05) is 6.54 Å². The van der Waals surface area contributed by atoms with Crippen LogP contribution < -0.4 is 5.32 Å². The Labute approximate surface area is 120 Å². The quantitative estimate of drug-likeness (QED) is 0.500. The van der Waals surface area contributed by atoms with Crippen LogP contribution in [0.25, 0.3) is 0 Å². The van der Waals surface area contributed by atoms with Crippen LogP contribution >= 0.6 is 0 Å². The zero-order valence-corrected chi connectivity index (χ0v) is 13.6. The van der Waals surface area contributed by atoms with Crippen molar-refractivity contribution in [2.24, 2.45) is 11.8 Å². The van der Waals surface area contributed by atoms with Gasteiger partial charge in [-0.25, -0.2) is 0 Å². The molecular weight excluding hydrogens is 234 g/mol. The molecule has 0 bridgehead atoms. The first-order chi connectivity index (χ1) is 9.11. The first kappa shape index (κ1) is 18.5. The Morgan fingerprint density at radius 1 is 0.895 bits per heavy atom. The van der Waals surface area contributed by atoms with E-state index in [4.69, 9.17) is 0 Å². The lowest BCUT2D eigenvalue weighted by Gasteiger charge is -2.17. The number of amides is 1. The van der Waals surface area contributed by atoms with E-state index in [2.05, 4.69) is 33.0 Å². The summed E-state index contributed by atoms with van der Waals surface area (Å²) >= 11 is 0. The van der Waals surface area contributed by atoms with Gasteiger partial charge in [0.15, 0.2) is 0 Å².